The summed E-state index contributed by atoms with van der Waals surface area (Å²) in [6.07, 6.45) is 1.49. The molecule has 6 heteroatoms. The molecule has 76 valence electrons. The van der Waals surface area contributed by atoms with E-state index in [1.165, 1.54) is 20.4 Å². The van der Waals surface area contributed by atoms with Gasteiger partial charge in [-0.25, -0.2) is 14.8 Å². The fourth-order valence-electron chi connectivity index (χ4n) is 0.842. The highest BCUT2D eigenvalue weighted by Gasteiger charge is 2.13. The minimum absolute atomic E-state index is 0.203. The molecule has 0 aliphatic rings. The molecule has 0 amide bonds. The highest BCUT2D eigenvalue weighted by atomic mass is 79.9. The second-order valence-corrected chi connectivity index (χ2v) is 3.26. The van der Waals surface area contributed by atoms with Crippen molar-refractivity contribution < 1.29 is 14.3 Å². The maximum Gasteiger partial charge on any atom is 0.357 e. The van der Waals surface area contributed by atoms with Crippen LogP contribution in [0.2, 0.25) is 0 Å². The topological polar surface area (TPSA) is 61.3 Å². The molecule has 0 unspecified atom stereocenters. The smallest absolute Gasteiger partial charge is 0.357 e. The van der Waals surface area contributed by atoms with Gasteiger partial charge in [-0.1, -0.05) is 0 Å². The third-order valence-corrected chi connectivity index (χ3v) is 2.03. The zero-order chi connectivity index (χ0) is 10.6. The Hall–Kier alpha value is -1.01. The van der Waals surface area contributed by atoms with Crippen molar-refractivity contribution in [3.8, 4) is 0 Å². The third kappa shape index (κ3) is 2.49. The van der Waals surface area contributed by atoms with Crippen LogP contribution in [0.25, 0.3) is 0 Å². The summed E-state index contributed by atoms with van der Waals surface area (Å²) >= 11 is 3.16. The van der Waals surface area contributed by atoms with Crippen molar-refractivity contribution in [3.05, 3.63) is 22.2 Å². The van der Waals surface area contributed by atoms with Gasteiger partial charge in [-0.05, 0) is 15.9 Å². The summed E-state index contributed by atoms with van der Waals surface area (Å²) in [6, 6.07) is 0. The number of halogens is 1. The van der Waals surface area contributed by atoms with Crippen LogP contribution < -0.4 is 0 Å². The number of carbonyl (C=O) groups excluding carboxylic acids is 1. The van der Waals surface area contributed by atoms with Gasteiger partial charge in [-0.3, -0.25) is 0 Å². The number of hydrogen-bond donors (Lipinski definition) is 0. The Labute approximate surface area is 89.6 Å². The van der Waals surface area contributed by atoms with E-state index in [1.54, 1.807) is 0 Å². The molecule has 1 aromatic rings. The number of nitrogens with zero attached hydrogens (tertiary/aromatic N) is 2. The number of carbonyl (C=O) groups is 1. The van der Waals surface area contributed by atoms with E-state index in [0.717, 1.165) is 0 Å². The van der Waals surface area contributed by atoms with Gasteiger partial charge in [0.2, 0.25) is 0 Å². The first-order chi connectivity index (χ1) is 6.69. The first-order valence-electron chi connectivity index (χ1n) is 3.77. The largest absolute Gasteiger partial charge is 0.464 e. The molecule has 1 aromatic heterocycles. The number of hydrogen-bond acceptors (Lipinski definition) is 5. The molecule has 0 atom stereocenters. The standard InChI is InChI=1S/C8H9BrN2O3/c1-13-4-6-10-3-5(9)7(11-6)8(12)14-2/h3H,4H2,1-2H3. The van der Waals surface area contributed by atoms with Gasteiger partial charge < -0.3 is 9.47 Å². The van der Waals surface area contributed by atoms with E-state index in [1.807, 2.05) is 0 Å². The molecule has 0 aliphatic heterocycles. The molecule has 0 saturated heterocycles. The minimum atomic E-state index is -0.503. The van der Waals surface area contributed by atoms with E-state index in [0.29, 0.717) is 10.3 Å². The molecule has 0 radical (unpaired) electrons. The molecule has 0 saturated carbocycles. The van der Waals surface area contributed by atoms with Crippen LogP contribution in [-0.4, -0.2) is 30.2 Å². The van der Waals surface area contributed by atoms with E-state index in [2.05, 4.69) is 30.6 Å². The highest BCUT2D eigenvalue weighted by molar-refractivity contribution is 9.10. The van der Waals surface area contributed by atoms with Crippen LogP contribution in [0.3, 0.4) is 0 Å². The first kappa shape index (κ1) is 11.1. The Morgan fingerprint density at radius 2 is 2.29 bits per heavy atom. The lowest BCUT2D eigenvalue weighted by molar-refractivity contribution is 0.0591. The number of esters is 1. The zero-order valence-corrected chi connectivity index (χ0v) is 9.37. The fourth-order valence-corrected chi connectivity index (χ4v) is 1.20. The van der Waals surface area contributed by atoms with Gasteiger partial charge in [-0.2, -0.15) is 0 Å². The SMILES string of the molecule is COCc1ncc(Br)c(C(=O)OC)n1. The van der Waals surface area contributed by atoms with Crippen molar-refractivity contribution in [2.24, 2.45) is 0 Å². The van der Waals surface area contributed by atoms with Crippen molar-refractivity contribution in [2.45, 2.75) is 6.61 Å². The average molecular weight is 261 g/mol. The molecule has 14 heavy (non-hydrogen) atoms. The summed E-state index contributed by atoms with van der Waals surface area (Å²) in [5, 5.41) is 0. The lowest BCUT2D eigenvalue weighted by Crippen LogP contribution is -2.09. The van der Waals surface area contributed by atoms with Crippen LogP contribution >= 0.6 is 15.9 Å². The molecular formula is C8H9BrN2O3. The lowest BCUT2D eigenvalue weighted by atomic mass is 10.4. The molecule has 0 bridgehead atoms. The lowest BCUT2D eigenvalue weighted by Gasteiger charge is -2.03. The minimum Gasteiger partial charge on any atom is -0.464 e. The van der Waals surface area contributed by atoms with Gasteiger partial charge in [0.25, 0.3) is 0 Å². The second-order valence-electron chi connectivity index (χ2n) is 2.41. The quantitative estimate of drug-likeness (QED) is 0.764. The van der Waals surface area contributed by atoms with E-state index >= 15 is 0 Å². The average Bonchev–Trinajstić information content (AvgIpc) is 2.20. The Morgan fingerprint density at radius 3 is 2.86 bits per heavy atom. The maximum atomic E-state index is 11.2. The summed E-state index contributed by atoms with van der Waals surface area (Å²) in [5.41, 5.74) is 0.203. The molecule has 1 heterocycles. The van der Waals surface area contributed by atoms with Crippen LogP contribution in [0.5, 0.6) is 0 Å². The van der Waals surface area contributed by atoms with Crippen LogP contribution in [0.1, 0.15) is 16.3 Å². The summed E-state index contributed by atoms with van der Waals surface area (Å²) in [6.45, 7) is 0.261. The van der Waals surface area contributed by atoms with Crippen molar-refractivity contribution in [1.29, 1.82) is 0 Å². The molecule has 0 spiro atoms. The number of rotatable bonds is 3. The summed E-state index contributed by atoms with van der Waals surface area (Å²) in [4.78, 5) is 19.1. The number of methoxy groups -OCH3 is 2. The Morgan fingerprint density at radius 1 is 1.57 bits per heavy atom. The van der Waals surface area contributed by atoms with Crippen LogP contribution in [0.15, 0.2) is 10.7 Å². The van der Waals surface area contributed by atoms with Crippen molar-refractivity contribution in [2.75, 3.05) is 14.2 Å². The normalized spacial score (nSPS) is 9.93. The van der Waals surface area contributed by atoms with E-state index in [9.17, 15) is 4.79 Å². The molecule has 0 aromatic carbocycles. The zero-order valence-electron chi connectivity index (χ0n) is 7.78. The van der Waals surface area contributed by atoms with Gasteiger partial charge in [0, 0.05) is 13.3 Å². The summed E-state index contributed by atoms with van der Waals surface area (Å²) in [7, 11) is 2.83. The molecule has 0 fully saturated rings. The fraction of sp³-hybridized carbons (Fsp3) is 0.375. The summed E-state index contributed by atoms with van der Waals surface area (Å²) < 4.78 is 9.90. The second kappa shape index (κ2) is 5.02. The predicted molar refractivity (Wildman–Crippen MR) is 51.8 cm³/mol. The van der Waals surface area contributed by atoms with Gasteiger partial charge in [0.1, 0.15) is 6.61 Å². The van der Waals surface area contributed by atoms with E-state index < -0.39 is 5.97 Å². The van der Waals surface area contributed by atoms with Crippen LogP contribution in [-0.2, 0) is 16.1 Å². The molecule has 0 aliphatic carbocycles. The monoisotopic (exact) mass is 260 g/mol. The number of ether oxygens (including phenoxy) is 2. The van der Waals surface area contributed by atoms with Crippen molar-refractivity contribution in [3.63, 3.8) is 0 Å². The van der Waals surface area contributed by atoms with Gasteiger partial charge >= 0.3 is 5.97 Å². The third-order valence-electron chi connectivity index (χ3n) is 1.45. The molecule has 5 nitrogen and oxygen atoms in total. The Kier molecular flexibility index (Phi) is 3.97. The Bertz CT molecular complexity index is 343. The van der Waals surface area contributed by atoms with E-state index in [4.69, 9.17) is 4.74 Å². The van der Waals surface area contributed by atoms with Gasteiger partial charge in [0.05, 0.1) is 11.6 Å². The summed E-state index contributed by atoms with van der Waals surface area (Å²) in [5.74, 6) is -0.0623. The maximum absolute atomic E-state index is 11.2. The van der Waals surface area contributed by atoms with Crippen molar-refractivity contribution in [1.82, 2.24) is 9.97 Å². The van der Waals surface area contributed by atoms with Crippen LogP contribution in [0.4, 0.5) is 0 Å². The van der Waals surface area contributed by atoms with Crippen molar-refractivity contribution >= 4 is 21.9 Å². The number of aromatic nitrogens is 2. The van der Waals surface area contributed by atoms with Crippen LogP contribution in [0, 0.1) is 0 Å². The highest BCUT2D eigenvalue weighted by Crippen LogP contribution is 2.14. The molecular weight excluding hydrogens is 252 g/mol. The van der Waals surface area contributed by atoms with Gasteiger partial charge in [-0.15, -0.1) is 0 Å². The molecule has 1 rings (SSSR count). The molecule has 0 N–H and O–H groups in total. The van der Waals surface area contributed by atoms with E-state index in [-0.39, 0.29) is 12.3 Å². The first-order valence-corrected chi connectivity index (χ1v) is 4.57. The predicted octanol–water partition coefficient (Wildman–Crippen LogP) is 1.17. The van der Waals surface area contributed by atoms with Gasteiger partial charge in [0.15, 0.2) is 11.5 Å². The Balaban J connectivity index is 3.01.